The monoisotopic (exact) mass is 435 g/mol. The maximum Gasteiger partial charge on any atom is 0.308 e. The van der Waals surface area contributed by atoms with Gasteiger partial charge in [-0.3, -0.25) is 18.9 Å². The van der Waals surface area contributed by atoms with Gasteiger partial charge in [-0.25, -0.2) is 8.42 Å². The SMILES string of the molecule is COc1ccc(S(=O)(=O)Nc2ccc3c(c2)sc(=O)n3C(C)C)cc1NC(C)=O. The minimum atomic E-state index is -3.92. The number of carbonyl (C=O) groups excluding carboxylic acids is 1. The van der Waals surface area contributed by atoms with Crippen LogP contribution in [-0.4, -0.2) is 26.0 Å². The third kappa shape index (κ3) is 4.28. The van der Waals surface area contributed by atoms with E-state index in [0.29, 0.717) is 16.1 Å². The number of fused-ring (bicyclic) bond motifs is 1. The second-order valence-corrected chi connectivity index (χ2v) is 9.34. The number of nitrogens with zero attached hydrogens (tertiary/aromatic N) is 1. The molecule has 0 aliphatic heterocycles. The molecule has 1 heterocycles. The minimum Gasteiger partial charge on any atom is -0.495 e. The summed E-state index contributed by atoms with van der Waals surface area (Å²) in [5.74, 6) is 0.00111. The summed E-state index contributed by atoms with van der Waals surface area (Å²) in [6, 6.07) is 9.16. The Hall–Kier alpha value is -2.85. The Morgan fingerprint density at radius 3 is 2.52 bits per heavy atom. The van der Waals surface area contributed by atoms with Crippen LogP contribution in [0.2, 0.25) is 0 Å². The van der Waals surface area contributed by atoms with E-state index < -0.39 is 10.0 Å². The van der Waals surface area contributed by atoms with E-state index in [-0.39, 0.29) is 27.4 Å². The first-order valence-corrected chi connectivity index (χ1v) is 11.1. The molecule has 3 aromatic rings. The smallest absolute Gasteiger partial charge is 0.308 e. The fourth-order valence-corrected chi connectivity index (χ4v) is 5.07. The van der Waals surface area contributed by atoms with Gasteiger partial charge in [-0.2, -0.15) is 0 Å². The molecule has 29 heavy (non-hydrogen) atoms. The highest BCUT2D eigenvalue weighted by molar-refractivity contribution is 7.92. The van der Waals surface area contributed by atoms with Crippen molar-refractivity contribution in [3.8, 4) is 5.75 Å². The number of sulfonamides is 1. The van der Waals surface area contributed by atoms with Gasteiger partial charge in [-0.15, -0.1) is 0 Å². The molecule has 0 saturated carbocycles. The number of aromatic nitrogens is 1. The summed E-state index contributed by atoms with van der Waals surface area (Å²) in [6.45, 7) is 5.16. The standard InChI is InChI=1S/C19H21N3O5S2/c1-11(2)22-16-7-5-13(9-18(16)28-19(22)24)21-29(25,26)14-6-8-17(27-4)15(10-14)20-12(3)23/h5-11,21H,1-4H3,(H,20,23). The lowest BCUT2D eigenvalue weighted by atomic mass is 10.3. The van der Waals surface area contributed by atoms with E-state index in [4.69, 9.17) is 4.74 Å². The van der Waals surface area contributed by atoms with Crippen LogP contribution in [0.3, 0.4) is 0 Å². The highest BCUT2D eigenvalue weighted by Gasteiger charge is 2.18. The van der Waals surface area contributed by atoms with Crippen molar-refractivity contribution in [3.63, 3.8) is 0 Å². The lowest BCUT2D eigenvalue weighted by Crippen LogP contribution is -2.15. The van der Waals surface area contributed by atoms with Crippen LogP contribution in [0.15, 0.2) is 46.1 Å². The average Bonchev–Trinajstić information content (AvgIpc) is 2.95. The number of benzene rings is 2. The van der Waals surface area contributed by atoms with Crippen molar-refractivity contribution in [3.05, 3.63) is 46.1 Å². The third-order valence-corrected chi connectivity index (χ3v) is 6.47. The molecule has 0 saturated heterocycles. The minimum absolute atomic E-state index is 0.00490. The van der Waals surface area contributed by atoms with Gasteiger partial charge in [0.25, 0.3) is 10.0 Å². The fraction of sp³-hybridized carbons (Fsp3) is 0.263. The van der Waals surface area contributed by atoms with Crippen LogP contribution >= 0.6 is 11.3 Å². The van der Waals surface area contributed by atoms with E-state index in [1.165, 1.54) is 32.2 Å². The second-order valence-electron chi connectivity index (χ2n) is 6.66. The van der Waals surface area contributed by atoms with E-state index in [1.54, 1.807) is 22.8 Å². The molecular weight excluding hydrogens is 414 g/mol. The second kappa shape index (κ2) is 7.88. The molecular formula is C19H21N3O5S2. The van der Waals surface area contributed by atoms with Crippen LogP contribution in [0.1, 0.15) is 26.8 Å². The Bertz CT molecular complexity index is 1240. The first-order valence-electron chi connectivity index (χ1n) is 8.76. The maximum atomic E-state index is 12.8. The number of hydrogen-bond acceptors (Lipinski definition) is 6. The van der Waals surface area contributed by atoms with Crippen molar-refractivity contribution in [2.45, 2.75) is 31.7 Å². The van der Waals surface area contributed by atoms with Gasteiger partial charge in [-0.05, 0) is 50.2 Å². The van der Waals surface area contributed by atoms with Crippen LogP contribution < -0.4 is 19.6 Å². The van der Waals surface area contributed by atoms with Crippen LogP contribution in [0, 0.1) is 0 Å². The maximum absolute atomic E-state index is 12.8. The highest BCUT2D eigenvalue weighted by Crippen LogP contribution is 2.29. The topological polar surface area (TPSA) is 106 Å². The van der Waals surface area contributed by atoms with Crippen molar-refractivity contribution in [1.29, 1.82) is 0 Å². The van der Waals surface area contributed by atoms with Crippen molar-refractivity contribution in [2.24, 2.45) is 0 Å². The Morgan fingerprint density at radius 1 is 1.17 bits per heavy atom. The number of thiazole rings is 1. The molecule has 2 aromatic carbocycles. The van der Waals surface area contributed by atoms with E-state index in [2.05, 4.69) is 10.0 Å². The molecule has 0 aliphatic rings. The van der Waals surface area contributed by atoms with Crippen molar-refractivity contribution < 1.29 is 17.9 Å². The molecule has 0 unspecified atom stereocenters. The van der Waals surface area contributed by atoms with Gasteiger partial charge in [0.15, 0.2) is 0 Å². The van der Waals surface area contributed by atoms with Gasteiger partial charge in [0.05, 0.1) is 33.6 Å². The number of hydrogen-bond donors (Lipinski definition) is 2. The number of methoxy groups -OCH3 is 1. The molecule has 154 valence electrons. The van der Waals surface area contributed by atoms with E-state index in [9.17, 15) is 18.0 Å². The van der Waals surface area contributed by atoms with Crippen molar-refractivity contribution in [1.82, 2.24) is 4.57 Å². The third-order valence-electron chi connectivity index (χ3n) is 4.17. The number of ether oxygens (including phenoxy) is 1. The normalized spacial score (nSPS) is 11.6. The van der Waals surface area contributed by atoms with Crippen molar-refractivity contribution >= 4 is 48.9 Å². The summed E-state index contributed by atoms with van der Waals surface area (Å²) in [4.78, 5) is 23.4. The molecule has 8 nitrogen and oxygen atoms in total. The van der Waals surface area contributed by atoms with E-state index in [1.807, 2.05) is 13.8 Å². The number of carbonyl (C=O) groups is 1. The number of nitrogens with one attached hydrogen (secondary N) is 2. The van der Waals surface area contributed by atoms with Gasteiger partial charge < -0.3 is 10.1 Å². The molecule has 10 heteroatoms. The van der Waals surface area contributed by atoms with Gasteiger partial charge in [0.1, 0.15) is 5.75 Å². The van der Waals surface area contributed by atoms with Gasteiger partial charge >= 0.3 is 4.87 Å². The zero-order chi connectivity index (χ0) is 21.3. The average molecular weight is 436 g/mol. The molecule has 2 N–H and O–H groups in total. The summed E-state index contributed by atoms with van der Waals surface area (Å²) in [7, 11) is -2.49. The predicted molar refractivity (Wildman–Crippen MR) is 115 cm³/mol. The highest BCUT2D eigenvalue weighted by atomic mass is 32.2. The van der Waals surface area contributed by atoms with Crippen molar-refractivity contribution in [2.75, 3.05) is 17.1 Å². The van der Waals surface area contributed by atoms with E-state index in [0.717, 1.165) is 16.9 Å². The molecule has 3 rings (SSSR count). The fourth-order valence-electron chi connectivity index (χ4n) is 2.94. The van der Waals surface area contributed by atoms with E-state index >= 15 is 0 Å². The first-order chi connectivity index (χ1) is 13.6. The Balaban J connectivity index is 1.97. The lowest BCUT2D eigenvalue weighted by Gasteiger charge is -2.13. The molecule has 0 bridgehead atoms. The summed E-state index contributed by atoms with van der Waals surface area (Å²) in [5.41, 5.74) is 1.35. The number of rotatable bonds is 6. The number of anilines is 2. The summed E-state index contributed by atoms with van der Waals surface area (Å²) in [5, 5.41) is 2.55. The Labute approximate surface area is 172 Å². The van der Waals surface area contributed by atoms with Crippen LogP contribution in [0.5, 0.6) is 5.75 Å². The molecule has 0 aliphatic carbocycles. The quantitative estimate of drug-likeness (QED) is 0.617. The zero-order valence-electron chi connectivity index (χ0n) is 16.3. The van der Waals surface area contributed by atoms with Gasteiger partial charge in [0, 0.05) is 13.0 Å². The number of amides is 1. The molecule has 1 aromatic heterocycles. The lowest BCUT2D eigenvalue weighted by molar-refractivity contribution is -0.114. The molecule has 0 spiro atoms. The largest absolute Gasteiger partial charge is 0.495 e. The Kier molecular flexibility index (Phi) is 5.67. The van der Waals surface area contributed by atoms with Gasteiger partial charge in [0.2, 0.25) is 5.91 Å². The van der Waals surface area contributed by atoms with Crippen LogP contribution in [-0.2, 0) is 14.8 Å². The summed E-state index contributed by atoms with van der Waals surface area (Å²) in [6.07, 6.45) is 0. The first kappa shape index (κ1) is 20.9. The molecule has 0 radical (unpaired) electrons. The van der Waals surface area contributed by atoms with Crippen LogP contribution in [0.25, 0.3) is 10.2 Å². The van der Waals surface area contributed by atoms with Crippen LogP contribution in [0.4, 0.5) is 11.4 Å². The summed E-state index contributed by atoms with van der Waals surface area (Å²) < 4.78 is 35.7. The zero-order valence-corrected chi connectivity index (χ0v) is 18.0. The molecule has 0 fully saturated rings. The molecule has 1 amide bonds. The predicted octanol–water partition coefficient (Wildman–Crippen LogP) is 3.41. The van der Waals surface area contributed by atoms with Gasteiger partial charge in [-0.1, -0.05) is 11.3 Å². The molecule has 0 atom stereocenters. The summed E-state index contributed by atoms with van der Waals surface area (Å²) >= 11 is 1.07. The Morgan fingerprint density at radius 2 is 1.90 bits per heavy atom.